The van der Waals surface area contributed by atoms with Crippen LogP contribution in [0.1, 0.15) is 63.3 Å². The maximum Gasteiger partial charge on any atom is 0.410 e. The van der Waals surface area contributed by atoms with Gasteiger partial charge >= 0.3 is 6.09 Å². The summed E-state index contributed by atoms with van der Waals surface area (Å²) in [7, 11) is 1.64. The van der Waals surface area contributed by atoms with Crippen LogP contribution in [0.15, 0.2) is 42.6 Å². The second-order valence-electron chi connectivity index (χ2n) is 13.0. The van der Waals surface area contributed by atoms with E-state index in [1.54, 1.807) is 24.1 Å². The Hall–Kier alpha value is -5.27. The Morgan fingerprint density at radius 1 is 1.08 bits per heavy atom. The van der Waals surface area contributed by atoms with Crippen molar-refractivity contribution < 1.29 is 14.3 Å². The van der Waals surface area contributed by atoms with Crippen LogP contribution in [0.3, 0.4) is 0 Å². The molecular weight excluding hydrogens is 632 g/mol. The number of carbonyl (C=O) groups is 1. The molecule has 1 aliphatic heterocycles. The maximum atomic E-state index is 12.5. The van der Waals surface area contributed by atoms with Crippen molar-refractivity contribution in [2.24, 2.45) is 0 Å². The van der Waals surface area contributed by atoms with E-state index in [0.717, 1.165) is 24.2 Å². The first-order valence-electron chi connectivity index (χ1n) is 15.9. The Labute approximate surface area is 284 Å². The van der Waals surface area contributed by atoms with Gasteiger partial charge in [-0.15, -0.1) is 5.10 Å². The summed E-state index contributed by atoms with van der Waals surface area (Å²) in [6.45, 7) is 7.21. The molecule has 2 fully saturated rings. The van der Waals surface area contributed by atoms with Crippen LogP contribution in [-0.4, -0.2) is 68.5 Å². The highest BCUT2D eigenvalue weighted by Gasteiger charge is 2.33. The number of nitriles is 2. The van der Waals surface area contributed by atoms with E-state index in [1.807, 2.05) is 45.0 Å². The van der Waals surface area contributed by atoms with Gasteiger partial charge < -0.3 is 29.9 Å². The van der Waals surface area contributed by atoms with E-state index in [9.17, 15) is 15.3 Å². The Morgan fingerprint density at radius 3 is 2.44 bits per heavy atom. The fourth-order valence-electron chi connectivity index (χ4n) is 5.63. The fourth-order valence-corrected chi connectivity index (χ4v) is 5.84. The number of rotatable bonds is 9. The highest BCUT2D eigenvalue weighted by atomic mass is 35.5. The van der Waals surface area contributed by atoms with E-state index in [-0.39, 0.29) is 29.8 Å². The summed E-state index contributed by atoms with van der Waals surface area (Å²) in [6, 6.07) is 16.0. The number of nitrogens with one attached hydrogen (secondary N) is 2. The average molecular weight is 669 g/mol. The largest absolute Gasteiger partial charge is 0.497 e. The smallest absolute Gasteiger partial charge is 0.410 e. The van der Waals surface area contributed by atoms with Crippen molar-refractivity contribution >= 4 is 46.5 Å². The number of imidazole rings is 1. The molecule has 14 heteroatoms. The summed E-state index contributed by atoms with van der Waals surface area (Å²) in [6.07, 6.45) is 4.56. The number of hydrogen-bond acceptors (Lipinski definition) is 11. The molecule has 0 atom stereocenters. The minimum atomic E-state index is -0.552. The first-order chi connectivity index (χ1) is 23.0. The molecule has 1 saturated carbocycles. The van der Waals surface area contributed by atoms with Gasteiger partial charge in [0, 0.05) is 31.7 Å². The molecule has 2 aromatic heterocycles. The number of fused-ring (bicyclic) bond motifs is 1. The third kappa shape index (κ3) is 7.32. The number of piperidine rings is 1. The molecule has 48 heavy (non-hydrogen) atoms. The lowest BCUT2D eigenvalue weighted by molar-refractivity contribution is 0.0210. The van der Waals surface area contributed by atoms with Gasteiger partial charge in [-0.05, 0) is 76.3 Å². The van der Waals surface area contributed by atoms with Crippen molar-refractivity contribution in [3.05, 3.63) is 64.4 Å². The number of benzene rings is 2. The van der Waals surface area contributed by atoms with Crippen LogP contribution in [-0.2, 0) is 11.3 Å². The molecule has 0 bridgehead atoms. The highest BCUT2D eigenvalue weighted by molar-refractivity contribution is 6.33. The maximum absolute atomic E-state index is 12.5. The predicted octanol–water partition coefficient (Wildman–Crippen LogP) is 6.25. The minimum Gasteiger partial charge on any atom is -0.497 e. The standard InChI is InChI=1S/C34H37ClN10O3/c1-34(2,3)48-33(46)43-13-11-23(12-14-43)39-28-16-27(35)29(15-22(28)17-36)40-32-41-31(30-38-19-25(18-37)45(30)42-32)44(24-7-8-24)20-21-5-9-26(47-4)10-6-21/h5-6,9-10,15-16,19,23-24,39H,7-8,11-14,20H2,1-4H3,(H,40,42). The SMILES string of the molecule is COc1ccc(CN(c2nc(Nc3cc(C#N)c(NC4CCN(C(=O)OC(C)(C)C)CC4)cc3Cl)nn3c(C#N)cnc23)C2CC2)cc1. The predicted molar refractivity (Wildman–Crippen MR) is 182 cm³/mol. The zero-order valence-electron chi connectivity index (χ0n) is 27.3. The van der Waals surface area contributed by atoms with Gasteiger partial charge in [-0.1, -0.05) is 23.7 Å². The molecule has 1 amide bonds. The topological polar surface area (TPSA) is 157 Å². The van der Waals surface area contributed by atoms with Crippen LogP contribution in [0.25, 0.3) is 5.65 Å². The molecule has 2 N–H and O–H groups in total. The van der Waals surface area contributed by atoms with Crippen LogP contribution in [0.4, 0.5) is 27.9 Å². The molecule has 1 saturated heterocycles. The van der Waals surface area contributed by atoms with Crippen LogP contribution in [0.5, 0.6) is 5.75 Å². The van der Waals surface area contributed by atoms with Crippen LogP contribution >= 0.6 is 11.6 Å². The van der Waals surface area contributed by atoms with E-state index in [0.29, 0.717) is 65.9 Å². The molecular formula is C34H37ClN10O3. The second kappa shape index (κ2) is 13.5. The Morgan fingerprint density at radius 2 is 1.81 bits per heavy atom. The quantitative estimate of drug-likeness (QED) is 0.208. The lowest BCUT2D eigenvalue weighted by Gasteiger charge is -2.34. The summed E-state index contributed by atoms with van der Waals surface area (Å²) in [5.41, 5.74) is 2.68. The van der Waals surface area contributed by atoms with Crippen molar-refractivity contribution in [3.8, 4) is 17.9 Å². The molecule has 4 aromatic rings. The molecule has 0 unspecified atom stereocenters. The zero-order valence-corrected chi connectivity index (χ0v) is 28.1. The summed E-state index contributed by atoms with van der Waals surface area (Å²) < 4.78 is 12.3. The zero-order chi connectivity index (χ0) is 34.0. The number of likely N-dealkylation sites (tertiary alicyclic amines) is 1. The molecule has 2 aromatic carbocycles. The molecule has 2 aliphatic rings. The summed E-state index contributed by atoms with van der Waals surface area (Å²) in [5.74, 6) is 1.56. The molecule has 0 spiro atoms. The Bertz CT molecular complexity index is 1900. The number of aromatic nitrogens is 4. The van der Waals surface area contributed by atoms with Gasteiger partial charge in [0.1, 0.15) is 23.5 Å². The number of nitrogens with zero attached hydrogens (tertiary/aromatic N) is 8. The van der Waals surface area contributed by atoms with E-state index in [1.165, 1.54) is 10.7 Å². The summed E-state index contributed by atoms with van der Waals surface area (Å²) in [5, 5.41) is 31.4. The Balaban J connectivity index is 1.23. The van der Waals surface area contributed by atoms with E-state index in [2.05, 4.69) is 37.8 Å². The minimum absolute atomic E-state index is 0.0451. The van der Waals surface area contributed by atoms with Gasteiger partial charge in [0.15, 0.2) is 17.2 Å². The van der Waals surface area contributed by atoms with E-state index < -0.39 is 5.60 Å². The molecule has 6 rings (SSSR count). The lowest BCUT2D eigenvalue weighted by atomic mass is 10.0. The summed E-state index contributed by atoms with van der Waals surface area (Å²) in [4.78, 5) is 25.7. The summed E-state index contributed by atoms with van der Waals surface area (Å²) >= 11 is 6.77. The normalized spacial score (nSPS) is 15.0. The van der Waals surface area contributed by atoms with Gasteiger partial charge in [0.25, 0.3) is 0 Å². The fraction of sp³-hybridized carbons (Fsp3) is 0.412. The van der Waals surface area contributed by atoms with Crippen molar-refractivity contribution in [2.75, 3.05) is 35.7 Å². The van der Waals surface area contributed by atoms with Crippen LogP contribution < -0.4 is 20.3 Å². The van der Waals surface area contributed by atoms with E-state index in [4.69, 9.17) is 26.1 Å². The third-order valence-corrected chi connectivity index (χ3v) is 8.52. The van der Waals surface area contributed by atoms with Crippen molar-refractivity contribution in [2.45, 2.75) is 70.7 Å². The number of anilines is 4. The van der Waals surface area contributed by atoms with Gasteiger partial charge in [-0.3, -0.25) is 0 Å². The third-order valence-electron chi connectivity index (χ3n) is 8.21. The number of halogens is 1. The van der Waals surface area contributed by atoms with Gasteiger partial charge in [0.05, 0.1) is 35.3 Å². The highest BCUT2D eigenvalue weighted by Crippen LogP contribution is 2.36. The van der Waals surface area contributed by atoms with Gasteiger partial charge in [0.2, 0.25) is 5.95 Å². The molecule has 1 aliphatic carbocycles. The number of amides is 1. The molecule has 13 nitrogen and oxygen atoms in total. The van der Waals surface area contributed by atoms with Crippen molar-refractivity contribution in [3.63, 3.8) is 0 Å². The molecule has 0 radical (unpaired) electrons. The average Bonchev–Trinajstić information content (AvgIpc) is 3.83. The van der Waals surface area contributed by atoms with Gasteiger partial charge in [-0.25, -0.2) is 9.78 Å². The first-order valence-corrected chi connectivity index (χ1v) is 16.2. The monoisotopic (exact) mass is 668 g/mol. The van der Waals surface area contributed by atoms with Crippen LogP contribution in [0, 0.1) is 22.7 Å². The number of methoxy groups -OCH3 is 1. The second-order valence-corrected chi connectivity index (χ2v) is 13.4. The number of carbonyl (C=O) groups excluding carboxylic acids is 1. The van der Waals surface area contributed by atoms with Crippen molar-refractivity contribution in [1.29, 1.82) is 10.5 Å². The van der Waals surface area contributed by atoms with E-state index >= 15 is 0 Å². The van der Waals surface area contributed by atoms with Gasteiger partial charge in [-0.2, -0.15) is 20.0 Å². The molecule has 3 heterocycles. The van der Waals surface area contributed by atoms with Crippen molar-refractivity contribution in [1.82, 2.24) is 24.5 Å². The molecule has 248 valence electrons. The lowest BCUT2D eigenvalue weighted by Crippen LogP contribution is -2.44. The first kappa shape index (κ1) is 32.7. The number of ether oxygens (including phenoxy) is 2. The Kier molecular flexibility index (Phi) is 9.16. The van der Waals surface area contributed by atoms with Crippen LogP contribution in [0.2, 0.25) is 5.02 Å². The number of hydrogen-bond donors (Lipinski definition) is 2.